The van der Waals surface area contributed by atoms with Gasteiger partial charge in [-0.1, -0.05) is 24.3 Å². The van der Waals surface area contributed by atoms with E-state index in [1.807, 2.05) is 48.5 Å². The van der Waals surface area contributed by atoms with Crippen molar-refractivity contribution in [3.63, 3.8) is 0 Å². The number of nitrogens with one attached hydrogen (secondary N) is 6. The molecule has 2 unspecified atom stereocenters. The molecule has 1 aromatic heterocycles. The van der Waals surface area contributed by atoms with Crippen LogP contribution in [0.3, 0.4) is 0 Å². The molecule has 306 valence electrons. The minimum absolute atomic E-state index is 0.0124. The zero-order valence-electron chi connectivity index (χ0n) is 32.9. The van der Waals surface area contributed by atoms with E-state index in [1.165, 1.54) is 6.07 Å². The molecule has 7 amide bonds. The topological polar surface area (TPSA) is 211 Å². The van der Waals surface area contributed by atoms with E-state index in [0.717, 1.165) is 27.2 Å². The van der Waals surface area contributed by atoms with E-state index in [4.69, 9.17) is 0 Å². The van der Waals surface area contributed by atoms with Crippen molar-refractivity contribution in [3.8, 4) is 0 Å². The number of piperidine rings is 2. The number of benzene rings is 3. The fourth-order valence-corrected chi connectivity index (χ4v) is 7.79. The number of para-hydroxylation sites is 1. The number of pyridine rings is 1. The number of carbonyl (C=O) groups excluding carboxylic acids is 7. The van der Waals surface area contributed by atoms with Crippen LogP contribution in [0.5, 0.6) is 0 Å². The predicted molar refractivity (Wildman–Crippen MR) is 221 cm³/mol. The standard InChI is InChI=1S/C43H47N9O7/c1-25(48-33-12-8-11-29-36(33)43(59)52(42(29)58)34-15-16-35(53)50-41(34)57)38(54)45-19-6-7-20-46-39(55)26-17-21-51(22-18-26)28-13-14-32-30(23-28)37(31(24-47-32)40(56)44-2)49-27-9-4-3-5-10-27/h3-5,8-14,23-26,34,48H,6-7,15-22H2,1-2H3,(H,44,56)(H,45,54)(H,46,55)(H,47,49)(H,50,53,57). The first-order chi connectivity index (χ1) is 28.5. The van der Waals surface area contributed by atoms with Crippen molar-refractivity contribution < 1.29 is 33.6 Å². The van der Waals surface area contributed by atoms with Gasteiger partial charge in [-0.05, 0) is 81.5 Å². The minimum Gasteiger partial charge on any atom is -0.373 e. The number of fused-ring (bicyclic) bond motifs is 2. The van der Waals surface area contributed by atoms with Crippen LogP contribution in [0.2, 0.25) is 0 Å². The van der Waals surface area contributed by atoms with Gasteiger partial charge in [0.2, 0.25) is 23.6 Å². The second-order valence-electron chi connectivity index (χ2n) is 14.9. The number of aromatic nitrogens is 1. The van der Waals surface area contributed by atoms with Crippen molar-refractivity contribution in [1.82, 2.24) is 31.2 Å². The average Bonchev–Trinajstić information content (AvgIpc) is 3.50. The Labute approximate surface area is 340 Å². The number of nitrogens with zero attached hydrogens (tertiary/aromatic N) is 3. The van der Waals surface area contributed by atoms with Crippen LogP contribution in [0, 0.1) is 5.92 Å². The van der Waals surface area contributed by atoms with Crippen molar-refractivity contribution in [2.75, 3.05) is 48.8 Å². The summed E-state index contributed by atoms with van der Waals surface area (Å²) in [5, 5.41) is 18.1. The highest BCUT2D eigenvalue weighted by Crippen LogP contribution is 2.35. The molecule has 0 spiro atoms. The van der Waals surface area contributed by atoms with Crippen LogP contribution in [0.1, 0.15) is 76.5 Å². The van der Waals surface area contributed by atoms with Gasteiger partial charge in [0.25, 0.3) is 17.7 Å². The van der Waals surface area contributed by atoms with Gasteiger partial charge >= 0.3 is 0 Å². The molecule has 2 saturated heterocycles. The van der Waals surface area contributed by atoms with E-state index >= 15 is 0 Å². The van der Waals surface area contributed by atoms with Crippen LogP contribution in [-0.4, -0.2) is 96.5 Å². The largest absolute Gasteiger partial charge is 0.373 e. The molecule has 59 heavy (non-hydrogen) atoms. The van der Waals surface area contributed by atoms with Gasteiger partial charge in [0.15, 0.2) is 0 Å². The Morgan fingerprint density at radius 2 is 1.63 bits per heavy atom. The zero-order chi connectivity index (χ0) is 41.6. The molecule has 0 aliphatic carbocycles. The Balaban J connectivity index is 0.851. The average molecular weight is 802 g/mol. The lowest BCUT2D eigenvalue weighted by atomic mass is 9.95. The Morgan fingerprint density at radius 1 is 0.881 bits per heavy atom. The van der Waals surface area contributed by atoms with Gasteiger partial charge in [0, 0.05) is 74.2 Å². The van der Waals surface area contributed by atoms with Gasteiger partial charge < -0.3 is 31.5 Å². The molecule has 3 aliphatic heterocycles. The Hall–Kier alpha value is -6.84. The van der Waals surface area contributed by atoms with E-state index in [0.29, 0.717) is 68.8 Å². The molecular formula is C43H47N9O7. The van der Waals surface area contributed by atoms with Crippen LogP contribution < -0.4 is 36.8 Å². The zero-order valence-corrected chi connectivity index (χ0v) is 32.9. The maximum Gasteiger partial charge on any atom is 0.264 e. The minimum atomic E-state index is -1.09. The quantitative estimate of drug-likeness (QED) is 0.0803. The second kappa shape index (κ2) is 17.7. The van der Waals surface area contributed by atoms with E-state index in [1.54, 1.807) is 32.3 Å². The number of amides is 7. The van der Waals surface area contributed by atoms with Crippen LogP contribution in [-0.2, 0) is 19.2 Å². The third kappa shape index (κ3) is 8.71. The van der Waals surface area contributed by atoms with E-state index in [-0.39, 0.29) is 47.6 Å². The van der Waals surface area contributed by atoms with Crippen molar-refractivity contribution in [2.45, 2.75) is 57.5 Å². The molecule has 2 atom stereocenters. The molecule has 2 fully saturated rings. The summed E-state index contributed by atoms with van der Waals surface area (Å²) in [7, 11) is 1.59. The molecule has 16 nitrogen and oxygen atoms in total. The van der Waals surface area contributed by atoms with Gasteiger partial charge in [0.1, 0.15) is 12.1 Å². The van der Waals surface area contributed by atoms with Crippen LogP contribution in [0.25, 0.3) is 10.9 Å². The van der Waals surface area contributed by atoms with E-state index in [2.05, 4.69) is 41.8 Å². The fraction of sp³-hybridized carbons (Fsp3) is 0.349. The summed E-state index contributed by atoms with van der Waals surface area (Å²) in [4.78, 5) is 97.1. The molecule has 7 rings (SSSR count). The van der Waals surface area contributed by atoms with Gasteiger partial charge in [0.05, 0.1) is 27.9 Å². The van der Waals surface area contributed by atoms with Crippen molar-refractivity contribution in [3.05, 3.63) is 89.6 Å². The highest BCUT2D eigenvalue weighted by atomic mass is 16.2. The molecule has 0 bridgehead atoms. The first-order valence-corrected chi connectivity index (χ1v) is 19.9. The number of unbranched alkanes of at least 4 members (excludes halogenated alkanes) is 1. The van der Waals surface area contributed by atoms with Crippen molar-refractivity contribution in [1.29, 1.82) is 0 Å². The molecule has 3 aromatic carbocycles. The molecule has 4 heterocycles. The smallest absolute Gasteiger partial charge is 0.264 e. The lowest BCUT2D eigenvalue weighted by Crippen LogP contribution is -2.54. The lowest BCUT2D eigenvalue weighted by Gasteiger charge is -2.33. The molecule has 3 aliphatic rings. The van der Waals surface area contributed by atoms with Crippen LogP contribution in [0.15, 0.2) is 72.9 Å². The fourth-order valence-electron chi connectivity index (χ4n) is 7.79. The van der Waals surface area contributed by atoms with Gasteiger partial charge in [-0.25, -0.2) is 0 Å². The summed E-state index contributed by atoms with van der Waals surface area (Å²) >= 11 is 0. The summed E-state index contributed by atoms with van der Waals surface area (Å²) in [5.74, 6) is -3.08. The number of rotatable bonds is 14. The number of hydrogen-bond donors (Lipinski definition) is 6. The molecule has 0 saturated carbocycles. The maximum atomic E-state index is 13.4. The molecule has 4 aromatic rings. The highest BCUT2D eigenvalue weighted by molar-refractivity contribution is 6.25. The highest BCUT2D eigenvalue weighted by Gasteiger charge is 2.45. The van der Waals surface area contributed by atoms with Crippen molar-refractivity contribution in [2.24, 2.45) is 5.92 Å². The number of hydrogen-bond acceptors (Lipinski definition) is 11. The van der Waals surface area contributed by atoms with Gasteiger partial charge in [-0.2, -0.15) is 0 Å². The number of imide groups is 2. The normalized spacial score (nSPS) is 17.3. The number of carbonyl (C=O) groups is 7. The Morgan fingerprint density at radius 3 is 2.36 bits per heavy atom. The van der Waals surface area contributed by atoms with E-state index in [9.17, 15) is 33.6 Å². The maximum absolute atomic E-state index is 13.4. The first-order valence-electron chi connectivity index (χ1n) is 19.9. The van der Waals surface area contributed by atoms with Crippen LogP contribution >= 0.6 is 0 Å². The van der Waals surface area contributed by atoms with Gasteiger partial charge in [-0.15, -0.1) is 0 Å². The van der Waals surface area contributed by atoms with Crippen LogP contribution in [0.4, 0.5) is 22.7 Å². The Kier molecular flexibility index (Phi) is 12.1. The molecule has 6 N–H and O–H groups in total. The molecular weight excluding hydrogens is 755 g/mol. The summed E-state index contributed by atoms with van der Waals surface area (Å²) in [6.45, 7) is 3.88. The summed E-state index contributed by atoms with van der Waals surface area (Å²) in [5.41, 5.74) is 4.21. The molecule has 16 heteroatoms. The SMILES string of the molecule is CNC(=O)c1cnc2ccc(N3CCC(C(=O)NCCCCNC(=O)C(C)Nc4cccc5c4C(=O)N(C4CCC(=O)NC4=O)C5=O)CC3)cc2c1Nc1ccccc1. The lowest BCUT2D eigenvalue weighted by molar-refractivity contribution is -0.136. The van der Waals surface area contributed by atoms with Crippen molar-refractivity contribution >= 4 is 75.0 Å². The Bertz CT molecular complexity index is 2310. The summed E-state index contributed by atoms with van der Waals surface area (Å²) in [6.07, 6.45) is 4.32. The second-order valence-corrected chi connectivity index (χ2v) is 14.9. The van der Waals surface area contributed by atoms with Gasteiger partial charge in [-0.3, -0.25) is 48.8 Å². The first kappa shape index (κ1) is 40.4. The molecule has 0 radical (unpaired) electrons. The monoisotopic (exact) mass is 801 g/mol. The summed E-state index contributed by atoms with van der Waals surface area (Å²) in [6, 6.07) is 18.5. The third-order valence-electron chi connectivity index (χ3n) is 11.0. The third-order valence-corrected chi connectivity index (χ3v) is 11.0. The van der Waals surface area contributed by atoms with E-state index < -0.39 is 35.7 Å². The number of anilines is 4. The summed E-state index contributed by atoms with van der Waals surface area (Å²) < 4.78 is 0. The predicted octanol–water partition coefficient (Wildman–Crippen LogP) is 3.47.